The molecule has 1 radical (unpaired) electrons. The van der Waals surface area contributed by atoms with Crippen molar-refractivity contribution in [2.75, 3.05) is 0 Å². The first-order chi connectivity index (χ1) is 1.91. The standard InChI is InChI=1S/C2H6Se2/c1-3-4-2/h1-2H3/q+1. The SMILES string of the molecule is C[Se][Se+]C. The van der Waals surface area contributed by atoms with E-state index < -0.39 is 0 Å². The van der Waals surface area contributed by atoms with Crippen molar-refractivity contribution in [3.05, 3.63) is 0 Å². The van der Waals surface area contributed by atoms with E-state index in [1.54, 1.807) is 0 Å². The van der Waals surface area contributed by atoms with E-state index in [0.717, 1.165) is 26.3 Å². The Morgan fingerprint density at radius 2 is 2.00 bits per heavy atom. The molecule has 0 aliphatic rings. The first-order valence-electron chi connectivity index (χ1n) is 0.983. The number of rotatable bonds is 1. The van der Waals surface area contributed by atoms with Gasteiger partial charge in [0.25, 0.3) is 0 Å². The zero-order valence-electron chi connectivity index (χ0n) is 2.82. The van der Waals surface area contributed by atoms with Crippen LogP contribution in [0, 0.1) is 0 Å². The normalized spacial score (nSPS) is 7.50. The van der Waals surface area contributed by atoms with Gasteiger partial charge in [-0.3, -0.25) is 0 Å². The molecule has 0 saturated carbocycles. The molecule has 0 aromatic carbocycles. The molecule has 2 heteroatoms. The number of hydrogen-bond donors (Lipinski definition) is 0. The Kier molecular flexibility index (Phi) is 5.09. The third kappa shape index (κ3) is 3.04. The molecule has 0 N–H and O–H groups in total. The predicted octanol–water partition coefficient (Wildman–Crippen LogP) is 0.406. The van der Waals surface area contributed by atoms with Gasteiger partial charge in [-0.25, -0.2) is 0 Å². The summed E-state index contributed by atoms with van der Waals surface area (Å²) in [7, 11) is 0. The molecule has 0 atom stereocenters. The Labute approximate surface area is 38.2 Å². The summed E-state index contributed by atoms with van der Waals surface area (Å²) in [5.74, 6) is 4.54. The van der Waals surface area contributed by atoms with Crippen LogP contribution in [0.15, 0.2) is 0 Å². The molecule has 0 rings (SSSR count). The first-order valence-corrected chi connectivity index (χ1v) is 8.74. The van der Waals surface area contributed by atoms with Crippen LogP contribution in [0.5, 0.6) is 0 Å². The van der Waals surface area contributed by atoms with Crippen molar-refractivity contribution in [3.8, 4) is 0 Å². The summed E-state index contributed by atoms with van der Waals surface area (Å²) in [4.78, 5) is 0. The topological polar surface area (TPSA) is 0 Å². The molecule has 0 aliphatic heterocycles. The summed E-state index contributed by atoms with van der Waals surface area (Å²) < 4.78 is 0. The molecular formula is C2H6Se2+. The van der Waals surface area contributed by atoms with E-state index in [9.17, 15) is 0 Å². The van der Waals surface area contributed by atoms with Gasteiger partial charge in [0.1, 0.15) is 0 Å². The second-order valence-electron chi connectivity index (χ2n) is 0.333. The molecule has 0 fully saturated rings. The van der Waals surface area contributed by atoms with Gasteiger partial charge in [0.15, 0.2) is 0 Å². The Hall–Kier alpha value is 1.04. The predicted molar refractivity (Wildman–Crippen MR) is 23.2 cm³/mol. The third-order valence-corrected chi connectivity index (χ3v) is 4.50. The van der Waals surface area contributed by atoms with E-state index in [4.69, 9.17) is 0 Å². The van der Waals surface area contributed by atoms with Gasteiger partial charge in [-0.15, -0.1) is 0 Å². The molecule has 25 valence electrons. The Balaban J connectivity index is 1.97. The van der Waals surface area contributed by atoms with Crippen LogP contribution in [-0.4, -0.2) is 26.3 Å². The summed E-state index contributed by atoms with van der Waals surface area (Å²) in [5.41, 5.74) is 0. The summed E-state index contributed by atoms with van der Waals surface area (Å²) in [6, 6.07) is 0. The van der Waals surface area contributed by atoms with Crippen molar-refractivity contribution in [2.24, 2.45) is 0 Å². The van der Waals surface area contributed by atoms with Crippen LogP contribution in [0.4, 0.5) is 0 Å². The molecule has 0 heterocycles. The van der Waals surface area contributed by atoms with Gasteiger partial charge in [-0.05, 0) is 0 Å². The second-order valence-corrected chi connectivity index (χ2v) is 9.00. The minimum atomic E-state index is 0.979. The van der Waals surface area contributed by atoms with Gasteiger partial charge in [0, 0.05) is 0 Å². The van der Waals surface area contributed by atoms with Crippen LogP contribution >= 0.6 is 0 Å². The molecule has 4 heavy (non-hydrogen) atoms. The zero-order chi connectivity index (χ0) is 3.41. The Morgan fingerprint density at radius 3 is 2.00 bits per heavy atom. The number of hydrogen-bond acceptors (Lipinski definition) is 0. The second kappa shape index (κ2) is 4.04. The van der Waals surface area contributed by atoms with Crippen molar-refractivity contribution in [2.45, 2.75) is 11.6 Å². The molecule has 0 nitrogen and oxygen atoms in total. The molecule has 0 amide bonds. The van der Waals surface area contributed by atoms with Crippen LogP contribution in [0.2, 0.25) is 11.6 Å². The fraction of sp³-hybridized carbons (Fsp3) is 1.00. The monoisotopic (exact) mass is 190 g/mol. The van der Waals surface area contributed by atoms with Crippen LogP contribution < -0.4 is 0 Å². The summed E-state index contributed by atoms with van der Waals surface area (Å²) in [6.45, 7) is 0. The molecule has 0 bridgehead atoms. The molecule has 0 aromatic rings. The van der Waals surface area contributed by atoms with Gasteiger partial charge in [0.2, 0.25) is 0 Å². The quantitative estimate of drug-likeness (QED) is 0.522. The summed E-state index contributed by atoms with van der Waals surface area (Å²) in [6.07, 6.45) is 0. The maximum absolute atomic E-state index is 2.27. The van der Waals surface area contributed by atoms with Gasteiger partial charge in [0.05, 0.1) is 0 Å². The maximum atomic E-state index is 2.27. The Bertz CT molecular complexity index is 6.00. The Morgan fingerprint density at radius 1 is 1.75 bits per heavy atom. The van der Waals surface area contributed by atoms with Crippen LogP contribution in [-0.2, 0) is 0 Å². The fourth-order valence-corrected chi connectivity index (χ4v) is 0. The average Bonchev–Trinajstić information content (AvgIpc) is 1.37. The fourth-order valence-electron chi connectivity index (χ4n) is 0. The van der Waals surface area contributed by atoms with Crippen molar-refractivity contribution < 1.29 is 0 Å². The van der Waals surface area contributed by atoms with Crippen molar-refractivity contribution >= 4 is 26.3 Å². The summed E-state index contributed by atoms with van der Waals surface area (Å²) in [5, 5.41) is 0. The van der Waals surface area contributed by atoms with E-state index in [1.165, 1.54) is 0 Å². The minimum absolute atomic E-state index is 0.979. The van der Waals surface area contributed by atoms with E-state index >= 15 is 0 Å². The van der Waals surface area contributed by atoms with Crippen molar-refractivity contribution in [1.82, 2.24) is 0 Å². The zero-order valence-corrected chi connectivity index (χ0v) is 6.24. The molecule has 0 spiro atoms. The molecule has 0 unspecified atom stereocenters. The third-order valence-electron chi connectivity index (χ3n) is 0.167. The first kappa shape index (κ1) is 5.04. The van der Waals surface area contributed by atoms with E-state index in [1.807, 2.05) is 0 Å². The van der Waals surface area contributed by atoms with Crippen LogP contribution in [0.3, 0.4) is 0 Å². The van der Waals surface area contributed by atoms with Gasteiger partial charge < -0.3 is 0 Å². The molecular weight excluding hydrogens is 182 g/mol. The van der Waals surface area contributed by atoms with Crippen molar-refractivity contribution in [3.63, 3.8) is 0 Å². The molecule has 0 aliphatic carbocycles. The van der Waals surface area contributed by atoms with Crippen LogP contribution in [0.25, 0.3) is 0 Å². The van der Waals surface area contributed by atoms with E-state index in [2.05, 4.69) is 11.6 Å². The van der Waals surface area contributed by atoms with Gasteiger partial charge >= 0.3 is 37.9 Å². The average molecular weight is 188 g/mol. The van der Waals surface area contributed by atoms with E-state index in [-0.39, 0.29) is 0 Å². The van der Waals surface area contributed by atoms with E-state index in [0.29, 0.717) is 0 Å². The van der Waals surface area contributed by atoms with Crippen molar-refractivity contribution in [1.29, 1.82) is 0 Å². The van der Waals surface area contributed by atoms with Gasteiger partial charge in [-0.1, -0.05) is 0 Å². The van der Waals surface area contributed by atoms with Crippen LogP contribution in [0.1, 0.15) is 0 Å². The van der Waals surface area contributed by atoms with Gasteiger partial charge in [-0.2, -0.15) is 0 Å². The molecule has 0 saturated heterocycles. The molecule has 0 aromatic heterocycles. The summed E-state index contributed by atoms with van der Waals surface area (Å²) >= 11 is 1.96.